The number of nitrogens with zero attached hydrogens (tertiary/aromatic N) is 2. The zero-order valence-electron chi connectivity index (χ0n) is 24.9. The van der Waals surface area contributed by atoms with Crippen LogP contribution in [-0.4, -0.2) is 43.2 Å². The van der Waals surface area contributed by atoms with Crippen molar-refractivity contribution in [2.24, 2.45) is 11.8 Å². The van der Waals surface area contributed by atoms with Gasteiger partial charge in [-0.2, -0.15) is 39.5 Å². The Balaban J connectivity index is 1.62. The molecule has 1 heterocycles. The summed E-state index contributed by atoms with van der Waals surface area (Å²) < 4.78 is 132. The van der Waals surface area contributed by atoms with Crippen LogP contribution in [-0.2, 0) is 39.3 Å². The van der Waals surface area contributed by atoms with E-state index in [1.807, 2.05) is 11.8 Å². The zero-order valence-corrected chi connectivity index (χ0v) is 24.9. The maximum Gasteiger partial charge on any atom is 0.416 e. The highest BCUT2D eigenvalue weighted by molar-refractivity contribution is 5.72. The van der Waals surface area contributed by atoms with Gasteiger partial charge < -0.3 is 14.4 Å². The number of benzene rings is 2. The minimum absolute atomic E-state index is 0.0393. The third-order valence-corrected chi connectivity index (χ3v) is 8.65. The van der Waals surface area contributed by atoms with E-state index in [1.165, 1.54) is 13.0 Å². The number of anilines is 1. The van der Waals surface area contributed by atoms with E-state index in [0.717, 1.165) is 42.7 Å². The lowest BCUT2D eigenvalue weighted by Gasteiger charge is -2.34. The van der Waals surface area contributed by atoms with Crippen molar-refractivity contribution in [2.45, 2.75) is 76.8 Å². The Morgan fingerprint density at radius 3 is 1.96 bits per heavy atom. The molecule has 2 aromatic carbocycles. The molecule has 0 aromatic heterocycles. The molecule has 46 heavy (non-hydrogen) atoms. The quantitative estimate of drug-likeness (QED) is 0.188. The molecule has 0 spiro atoms. The summed E-state index contributed by atoms with van der Waals surface area (Å²) >= 11 is 0. The van der Waals surface area contributed by atoms with Crippen molar-refractivity contribution in [3.63, 3.8) is 0 Å². The molecule has 0 N–H and O–H groups in total. The highest BCUT2D eigenvalue weighted by Crippen LogP contribution is 2.42. The molecule has 1 aliphatic carbocycles. The van der Waals surface area contributed by atoms with Crippen molar-refractivity contribution in [3.8, 4) is 0 Å². The minimum Gasteiger partial charge on any atom is -0.468 e. The van der Waals surface area contributed by atoms with Crippen molar-refractivity contribution in [3.05, 3.63) is 64.2 Å². The van der Waals surface area contributed by atoms with Gasteiger partial charge in [0, 0.05) is 18.8 Å². The molecule has 1 amide bonds. The second-order valence-electron chi connectivity index (χ2n) is 11.7. The van der Waals surface area contributed by atoms with Gasteiger partial charge in [0.2, 0.25) is 0 Å². The molecule has 6 nitrogen and oxygen atoms in total. The molecule has 2 fully saturated rings. The summed E-state index contributed by atoms with van der Waals surface area (Å²) in [7, 11) is 0. The minimum atomic E-state index is -5.12. The van der Waals surface area contributed by atoms with Gasteiger partial charge in [-0.05, 0) is 98.9 Å². The van der Waals surface area contributed by atoms with Crippen LogP contribution in [0.5, 0.6) is 0 Å². The van der Waals surface area contributed by atoms with Gasteiger partial charge in [0.05, 0.1) is 35.9 Å². The molecule has 15 heteroatoms. The van der Waals surface area contributed by atoms with E-state index in [-0.39, 0.29) is 23.5 Å². The lowest BCUT2D eigenvalue weighted by molar-refractivity contribution is -0.143. The Bertz CT molecular complexity index is 1350. The average molecular weight is 669 g/mol. The Kier molecular flexibility index (Phi) is 10.4. The van der Waals surface area contributed by atoms with E-state index in [9.17, 15) is 49.1 Å². The number of rotatable bonds is 10. The standard InChI is InChI=1S/C31H33F9N2O4/c1-3-41(14-19-4-6-20(7-5-19)16-45-17-43)26-9-8-23(29(32,33)34)12-22(26)15-42-18(2)27(46-28(42)44)21-10-24(30(35,36)37)13-25(11-21)31(38,39)40/h8-13,17-20,27H,3-7,14-16H2,1-2H3/t18-,19?,20?,27-/m0/s1. The molecule has 4 rings (SSSR count). The SMILES string of the molecule is CCN(CC1CCC(COC=O)CC1)c1ccc(C(F)(F)F)cc1CN1C(=O)O[C@H](c2cc(C(F)(F)F)cc(C(F)(F)F)c2)[C@@H]1C. The van der Waals surface area contributed by atoms with Gasteiger partial charge in [0.15, 0.2) is 0 Å². The van der Waals surface area contributed by atoms with Gasteiger partial charge in [0.1, 0.15) is 6.10 Å². The number of hydrogen-bond donors (Lipinski definition) is 0. The highest BCUT2D eigenvalue weighted by Gasteiger charge is 2.44. The lowest BCUT2D eigenvalue weighted by atomic mass is 9.82. The van der Waals surface area contributed by atoms with E-state index in [1.54, 1.807) is 0 Å². The number of carbonyl (C=O) groups is 2. The van der Waals surface area contributed by atoms with Crippen LogP contribution < -0.4 is 4.90 Å². The molecule has 1 aliphatic heterocycles. The van der Waals surface area contributed by atoms with E-state index >= 15 is 0 Å². The first-order valence-electron chi connectivity index (χ1n) is 14.7. The maximum atomic E-state index is 13.8. The van der Waals surface area contributed by atoms with Gasteiger partial charge in [-0.25, -0.2) is 4.79 Å². The third-order valence-electron chi connectivity index (χ3n) is 8.65. The van der Waals surface area contributed by atoms with E-state index < -0.39 is 65.6 Å². The molecule has 1 saturated heterocycles. The Hall–Kier alpha value is -3.65. The second kappa shape index (κ2) is 13.6. The largest absolute Gasteiger partial charge is 0.468 e. The Morgan fingerprint density at radius 1 is 0.870 bits per heavy atom. The first-order valence-corrected chi connectivity index (χ1v) is 14.7. The van der Waals surface area contributed by atoms with Crippen molar-refractivity contribution >= 4 is 18.3 Å². The van der Waals surface area contributed by atoms with Crippen molar-refractivity contribution in [2.75, 3.05) is 24.6 Å². The van der Waals surface area contributed by atoms with Crippen LogP contribution in [0, 0.1) is 11.8 Å². The number of amides is 1. The van der Waals surface area contributed by atoms with Crippen LogP contribution in [0.3, 0.4) is 0 Å². The summed E-state index contributed by atoms with van der Waals surface area (Å²) in [5.74, 6) is 0.407. The van der Waals surface area contributed by atoms with Crippen LogP contribution in [0.1, 0.15) is 73.5 Å². The fraction of sp³-hybridized carbons (Fsp3) is 0.548. The summed E-state index contributed by atoms with van der Waals surface area (Å²) in [6, 6.07) is 2.90. The van der Waals surface area contributed by atoms with E-state index in [0.29, 0.717) is 44.0 Å². The van der Waals surface area contributed by atoms with E-state index in [2.05, 4.69) is 0 Å². The molecule has 1 saturated carbocycles. The number of carbonyl (C=O) groups excluding carboxylic acids is 2. The van der Waals surface area contributed by atoms with Crippen molar-refractivity contribution in [1.29, 1.82) is 0 Å². The molecule has 0 bridgehead atoms. The van der Waals surface area contributed by atoms with Gasteiger partial charge in [-0.15, -0.1) is 0 Å². The van der Waals surface area contributed by atoms with Crippen molar-refractivity contribution in [1.82, 2.24) is 4.90 Å². The zero-order chi connectivity index (χ0) is 34.0. The monoisotopic (exact) mass is 668 g/mol. The second-order valence-corrected chi connectivity index (χ2v) is 11.7. The molecule has 0 unspecified atom stereocenters. The number of halogens is 9. The van der Waals surface area contributed by atoms with Gasteiger partial charge in [-0.3, -0.25) is 9.69 Å². The highest BCUT2D eigenvalue weighted by atomic mass is 19.4. The fourth-order valence-corrected chi connectivity index (χ4v) is 6.15. The Morgan fingerprint density at radius 2 is 1.43 bits per heavy atom. The van der Waals surface area contributed by atoms with Gasteiger partial charge >= 0.3 is 24.6 Å². The maximum absolute atomic E-state index is 13.8. The summed E-state index contributed by atoms with van der Waals surface area (Å²) in [6.45, 7) is 4.34. The molecule has 2 atom stereocenters. The van der Waals surface area contributed by atoms with E-state index in [4.69, 9.17) is 9.47 Å². The lowest BCUT2D eigenvalue weighted by Crippen LogP contribution is -2.35. The Labute approximate surface area is 259 Å². The van der Waals surface area contributed by atoms with Gasteiger partial charge in [-0.1, -0.05) is 0 Å². The smallest absolute Gasteiger partial charge is 0.416 e. The van der Waals surface area contributed by atoms with Crippen molar-refractivity contribution < 1.29 is 58.6 Å². The molecular formula is C31H33F9N2O4. The molecule has 2 aliphatic rings. The molecule has 254 valence electrons. The number of hydrogen-bond acceptors (Lipinski definition) is 5. The molecule has 2 aromatic rings. The molecule has 0 radical (unpaired) electrons. The third kappa shape index (κ3) is 8.19. The van der Waals surface area contributed by atoms with Crippen LogP contribution in [0.2, 0.25) is 0 Å². The predicted molar refractivity (Wildman–Crippen MR) is 147 cm³/mol. The number of cyclic esters (lactones) is 1. The predicted octanol–water partition coefficient (Wildman–Crippen LogP) is 8.63. The fourth-order valence-electron chi connectivity index (χ4n) is 6.15. The van der Waals surface area contributed by atoms with Crippen LogP contribution >= 0.6 is 0 Å². The summed E-state index contributed by atoms with van der Waals surface area (Å²) in [6.07, 6.45) is -14.4. The van der Waals surface area contributed by atoms with Crippen LogP contribution in [0.4, 0.5) is 50.0 Å². The van der Waals surface area contributed by atoms with Crippen LogP contribution in [0.25, 0.3) is 0 Å². The summed E-state index contributed by atoms with van der Waals surface area (Å²) in [5, 5.41) is 0. The topological polar surface area (TPSA) is 59.1 Å². The first kappa shape index (κ1) is 35.2. The summed E-state index contributed by atoms with van der Waals surface area (Å²) in [4.78, 5) is 26.4. The average Bonchev–Trinajstić information content (AvgIpc) is 3.26. The summed E-state index contributed by atoms with van der Waals surface area (Å²) in [5.41, 5.74) is -4.19. The van der Waals surface area contributed by atoms with Gasteiger partial charge in [0.25, 0.3) is 6.47 Å². The molecular weight excluding hydrogens is 635 g/mol. The van der Waals surface area contributed by atoms with Crippen LogP contribution in [0.15, 0.2) is 36.4 Å². The first-order chi connectivity index (χ1) is 21.4. The normalized spacial score (nSPS) is 22.5. The number of alkyl halides is 9. The number of ether oxygens (including phenoxy) is 2.